The van der Waals surface area contributed by atoms with Gasteiger partial charge in [-0.3, -0.25) is 4.79 Å². The molecule has 1 aliphatic heterocycles. The number of aliphatic imine (C=N–C) groups is 1. The van der Waals surface area contributed by atoms with Crippen LogP contribution in [0.1, 0.15) is 39.2 Å². The van der Waals surface area contributed by atoms with Gasteiger partial charge in [0, 0.05) is 32.1 Å². The van der Waals surface area contributed by atoms with Crippen molar-refractivity contribution in [1.29, 1.82) is 0 Å². The van der Waals surface area contributed by atoms with Gasteiger partial charge in [0.2, 0.25) is 5.91 Å². The highest BCUT2D eigenvalue weighted by molar-refractivity contribution is 5.80. The number of carbonyl (C=O) groups is 1. The third-order valence-corrected chi connectivity index (χ3v) is 4.16. The predicted molar refractivity (Wildman–Crippen MR) is 101 cm³/mol. The summed E-state index contributed by atoms with van der Waals surface area (Å²) >= 11 is 0. The maximum atomic E-state index is 11.8. The van der Waals surface area contributed by atoms with Gasteiger partial charge in [0.15, 0.2) is 5.96 Å². The monoisotopic (exact) mass is 346 g/mol. The molecule has 1 atom stereocenters. The standard InChI is InChI=1S/C19H30N4O2/c1-4-18(24)23-11-10-16(14-23)22-19(20-5-2)21-13-15-8-7-9-17(12-15)25-6-3/h7-9,12,16H,4-6,10-11,13-14H2,1-3H3,(H2,20,21,22). The largest absolute Gasteiger partial charge is 0.494 e. The Kier molecular flexibility index (Phi) is 7.57. The third kappa shape index (κ3) is 5.96. The molecule has 1 fully saturated rings. The summed E-state index contributed by atoms with van der Waals surface area (Å²) in [5.41, 5.74) is 1.11. The number of nitrogens with one attached hydrogen (secondary N) is 2. The van der Waals surface area contributed by atoms with E-state index in [1.54, 1.807) is 0 Å². The zero-order chi connectivity index (χ0) is 18.1. The van der Waals surface area contributed by atoms with Gasteiger partial charge >= 0.3 is 0 Å². The number of likely N-dealkylation sites (tertiary alicyclic amines) is 1. The lowest BCUT2D eigenvalue weighted by Gasteiger charge is -2.18. The Morgan fingerprint density at radius 3 is 2.92 bits per heavy atom. The first-order valence-corrected chi connectivity index (χ1v) is 9.20. The van der Waals surface area contributed by atoms with E-state index in [0.29, 0.717) is 19.6 Å². The van der Waals surface area contributed by atoms with Gasteiger partial charge in [-0.2, -0.15) is 0 Å². The van der Waals surface area contributed by atoms with Gasteiger partial charge in [-0.25, -0.2) is 4.99 Å². The second-order valence-electron chi connectivity index (χ2n) is 6.10. The smallest absolute Gasteiger partial charge is 0.222 e. The zero-order valence-corrected chi connectivity index (χ0v) is 15.5. The Morgan fingerprint density at radius 2 is 2.20 bits per heavy atom. The minimum absolute atomic E-state index is 0.221. The molecule has 1 aromatic carbocycles. The quantitative estimate of drug-likeness (QED) is 0.586. The zero-order valence-electron chi connectivity index (χ0n) is 15.5. The van der Waals surface area contributed by atoms with E-state index in [4.69, 9.17) is 4.74 Å². The van der Waals surface area contributed by atoms with Gasteiger partial charge in [0.05, 0.1) is 13.2 Å². The van der Waals surface area contributed by atoms with Crippen LogP contribution in [0.5, 0.6) is 5.75 Å². The Bertz CT molecular complexity index is 589. The van der Waals surface area contributed by atoms with Gasteiger partial charge in [-0.15, -0.1) is 0 Å². The van der Waals surface area contributed by atoms with E-state index >= 15 is 0 Å². The molecular formula is C19H30N4O2. The van der Waals surface area contributed by atoms with E-state index in [9.17, 15) is 4.79 Å². The predicted octanol–water partition coefficient (Wildman–Crippen LogP) is 2.15. The van der Waals surface area contributed by atoms with Crippen molar-refractivity contribution in [2.75, 3.05) is 26.2 Å². The second-order valence-corrected chi connectivity index (χ2v) is 6.10. The van der Waals surface area contributed by atoms with Gasteiger partial charge < -0.3 is 20.3 Å². The van der Waals surface area contributed by atoms with Crippen LogP contribution in [-0.2, 0) is 11.3 Å². The summed E-state index contributed by atoms with van der Waals surface area (Å²) < 4.78 is 5.54. The molecule has 1 aliphatic rings. The Balaban J connectivity index is 1.94. The van der Waals surface area contributed by atoms with Gasteiger partial charge in [-0.05, 0) is 38.0 Å². The molecule has 2 N–H and O–H groups in total. The van der Waals surface area contributed by atoms with E-state index in [1.165, 1.54) is 0 Å². The molecule has 0 aliphatic carbocycles. The van der Waals surface area contributed by atoms with Crippen molar-refractivity contribution >= 4 is 11.9 Å². The van der Waals surface area contributed by atoms with Crippen molar-refractivity contribution in [1.82, 2.24) is 15.5 Å². The molecule has 2 rings (SSSR count). The van der Waals surface area contributed by atoms with E-state index < -0.39 is 0 Å². The highest BCUT2D eigenvalue weighted by Gasteiger charge is 2.25. The lowest BCUT2D eigenvalue weighted by molar-refractivity contribution is -0.129. The van der Waals surface area contributed by atoms with Crippen molar-refractivity contribution in [3.05, 3.63) is 29.8 Å². The number of carbonyl (C=O) groups excluding carboxylic acids is 1. The molecule has 1 aromatic rings. The molecule has 1 saturated heterocycles. The molecule has 6 heteroatoms. The maximum absolute atomic E-state index is 11.8. The molecule has 1 unspecified atom stereocenters. The molecule has 0 aromatic heterocycles. The first kappa shape index (κ1) is 19.1. The minimum Gasteiger partial charge on any atom is -0.494 e. The summed E-state index contributed by atoms with van der Waals surface area (Å²) in [6.45, 7) is 9.55. The molecule has 6 nitrogen and oxygen atoms in total. The molecule has 25 heavy (non-hydrogen) atoms. The summed E-state index contributed by atoms with van der Waals surface area (Å²) in [6, 6.07) is 8.27. The first-order chi connectivity index (χ1) is 12.2. The molecule has 138 valence electrons. The average molecular weight is 346 g/mol. The van der Waals surface area contributed by atoms with Crippen LogP contribution < -0.4 is 15.4 Å². The maximum Gasteiger partial charge on any atom is 0.222 e. The summed E-state index contributed by atoms with van der Waals surface area (Å²) in [5.74, 6) is 1.89. The van der Waals surface area contributed by atoms with Crippen molar-refractivity contribution in [3.63, 3.8) is 0 Å². The Hall–Kier alpha value is -2.24. The van der Waals surface area contributed by atoms with Gasteiger partial charge in [0.25, 0.3) is 0 Å². The number of benzene rings is 1. The fraction of sp³-hybridized carbons (Fsp3) is 0.579. The topological polar surface area (TPSA) is 66.0 Å². The van der Waals surface area contributed by atoms with Crippen molar-refractivity contribution in [3.8, 4) is 5.75 Å². The minimum atomic E-state index is 0.221. The summed E-state index contributed by atoms with van der Waals surface area (Å²) in [5, 5.41) is 6.73. The fourth-order valence-corrected chi connectivity index (χ4v) is 2.91. The van der Waals surface area contributed by atoms with Crippen LogP contribution in [0.3, 0.4) is 0 Å². The number of hydrogen-bond donors (Lipinski definition) is 2. The van der Waals surface area contributed by atoms with Gasteiger partial charge in [-0.1, -0.05) is 19.1 Å². The Labute approximate surface area is 150 Å². The SMILES string of the molecule is CCNC(=NCc1cccc(OCC)c1)NC1CCN(C(=O)CC)C1. The summed E-state index contributed by atoms with van der Waals surface area (Å²) in [7, 11) is 0. The highest BCUT2D eigenvalue weighted by Crippen LogP contribution is 2.14. The Morgan fingerprint density at radius 1 is 1.36 bits per heavy atom. The average Bonchev–Trinajstić information content (AvgIpc) is 3.08. The lowest BCUT2D eigenvalue weighted by Crippen LogP contribution is -2.45. The molecule has 0 bridgehead atoms. The van der Waals surface area contributed by atoms with E-state index in [1.807, 2.05) is 43.0 Å². The van der Waals surface area contributed by atoms with Crippen LogP contribution in [0, 0.1) is 0 Å². The van der Waals surface area contributed by atoms with Crippen molar-refractivity contribution in [2.24, 2.45) is 4.99 Å². The molecule has 1 heterocycles. The molecular weight excluding hydrogens is 316 g/mol. The molecule has 0 spiro atoms. The number of hydrogen-bond acceptors (Lipinski definition) is 3. The normalized spacial score (nSPS) is 17.5. The van der Waals surface area contributed by atoms with Crippen LogP contribution in [0.15, 0.2) is 29.3 Å². The van der Waals surface area contributed by atoms with Crippen LogP contribution in [0.2, 0.25) is 0 Å². The summed E-state index contributed by atoms with van der Waals surface area (Å²) in [4.78, 5) is 18.4. The number of guanidine groups is 1. The fourth-order valence-electron chi connectivity index (χ4n) is 2.91. The van der Waals surface area contributed by atoms with Crippen molar-refractivity contribution in [2.45, 2.75) is 46.2 Å². The number of ether oxygens (including phenoxy) is 1. The van der Waals surface area contributed by atoms with E-state index in [-0.39, 0.29) is 11.9 Å². The summed E-state index contributed by atoms with van der Waals surface area (Å²) in [6.07, 6.45) is 1.52. The van der Waals surface area contributed by atoms with E-state index in [2.05, 4.69) is 22.5 Å². The highest BCUT2D eigenvalue weighted by atomic mass is 16.5. The van der Waals surface area contributed by atoms with Gasteiger partial charge in [0.1, 0.15) is 5.75 Å². The molecule has 1 amide bonds. The number of rotatable bonds is 7. The van der Waals surface area contributed by atoms with Crippen molar-refractivity contribution < 1.29 is 9.53 Å². The van der Waals surface area contributed by atoms with Crippen LogP contribution >= 0.6 is 0 Å². The third-order valence-electron chi connectivity index (χ3n) is 4.16. The molecule has 0 saturated carbocycles. The van der Waals surface area contributed by atoms with E-state index in [0.717, 1.165) is 43.3 Å². The van der Waals surface area contributed by atoms with Crippen LogP contribution in [-0.4, -0.2) is 49.0 Å². The first-order valence-electron chi connectivity index (χ1n) is 9.20. The van der Waals surface area contributed by atoms with Crippen LogP contribution in [0.4, 0.5) is 0 Å². The second kappa shape index (κ2) is 9.91. The number of nitrogens with zero attached hydrogens (tertiary/aromatic N) is 2. The lowest BCUT2D eigenvalue weighted by atomic mass is 10.2. The number of amides is 1. The van der Waals surface area contributed by atoms with Crippen LogP contribution in [0.25, 0.3) is 0 Å². The molecule has 0 radical (unpaired) electrons.